The van der Waals surface area contributed by atoms with Crippen molar-refractivity contribution < 1.29 is 4.79 Å². The molecule has 1 N–H and O–H groups in total. The summed E-state index contributed by atoms with van der Waals surface area (Å²) in [5.41, 5.74) is 1.21. The monoisotopic (exact) mass is 251 g/mol. The molecule has 0 radical (unpaired) electrons. The van der Waals surface area contributed by atoms with Crippen LogP contribution < -0.4 is 5.32 Å². The van der Waals surface area contributed by atoms with E-state index in [-0.39, 0.29) is 17.4 Å². The zero-order valence-electron chi connectivity index (χ0n) is 10.9. The number of hydrogen-bond acceptors (Lipinski definition) is 1. The largest absolute Gasteiger partial charge is 0.346 e. The van der Waals surface area contributed by atoms with Crippen LogP contribution in [0.2, 0.25) is 0 Å². The number of benzene rings is 2. The van der Waals surface area contributed by atoms with Crippen LogP contribution in [0.15, 0.2) is 42.5 Å². The van der Waals surface area contributed by atoms with E-state index < -0.39 is 0 Å². The Morgan fingerprint density at radius 1 is 1.05 bits per heavy atom. The Kier molecular flexibility index (Phi) is 2.22. The van der Waals surface area contributed by atoms with Crippen LogP contribution in [0.1, 0.15) is 31.2 Å². The van der Waals surface area contributed by atoms with Gasteiger partial charge in [0.2, 0.25) is 5.91 Å². The number of carbonyl (C=O) groups is 1. The lowest BCUT2D eigenvalue weighted by Gasteiger charge is -2.20. The summed E-state index contributed by atoms with van der Waals surface area (Å²) in [5, 5.41) is 5.83. The second-order valence-electron chi connectivity index (χ2n) is 5.87. The third kappa shape index (κ3) is 1.83. The van der Waals surface area contributed by atoms with Crippen molar-refractivity contribution in [2.24, 2.45) is 5.92 Å². The van der Waals surface area contributed by atoms with Gasteiger partial charge in [-0.3, -0.25) is 4.79 Å². The van der Waals surface area contributed by atoms with Gasteiger partial charge < -0.3 is 5.32 Å². The lowest BCUT2D eigenvalue weighted by molar-refractivity contribution is -0.123. The summed E-state index contributed by atoms with van der Waals surface area (Å²) in [6.45, 7) is 0. The molecule has 2 aromatic rings. The van der Waals surface area contributed by atoms with E-state index in [1.165, 1.54) is 16.3 Å². The highest BCUT2D eigenvalue weighted by Gasteiger charge is 2.48. The van der Waals surface area contributed by atoms with Crippen molar-refractivity contribution >= 4 is 16.7 Å². The Morgan fingerprint density at radius 3 is 2.53 bits per heavy atom. The molecule has 0 heterocycles. The third-order valence-corrected chi connectivity index (χ3v) is 4.37. The van der Waals surface area contributed by atoms with Crippen molar-refractivity contribution in [2.45, 2.75) is 31.2 Å². The topological polar surface area (TPSA) is 29.1 Å². The fraction of sp³-hybridized carbons (Fsp3) is 0.353. The molecule has 2 aliphatic carbocycles. The average molecular weight is 251 g/mol. The smallest absolute Gasteiger partial charge is 0.223 e. The van der Waals surface area contributed by atoms with Gasteiger partial charge in [-0.25, -0.2) is 0 Å². The Labute approximate surface area is 112 Å². The summed E-state index contributed by atoms with van der Waals surface area (Å²) >= 11 is 0. The summed E-state index contributed by atoms with van der Waals surface area (Å²) < 4.78 is 0. The number of amides is 1. The van der Waals surface area contributed by atoms with Crippen molar-refractivity contribution in [2.75, 3.05) is 0 Å². The minimum Gasteiger partial charge on any atom is -0.346 e. The van der Waals surface area contributed by atoms with E-state index in [1.807, 2.05) is 0 Å². The summed E-state index contributed by atoms with van der Waals surface area (Å²) in [5.74, 6) is 0.540. The van der Waals surface area contributed by atoms with Crippen LogP contribution in [0.4, 0.5) is 0 Å². The molecule has 2 aliphatic rings. The lowest BCUT2D eigenvalue weighted by atomic mass is 9.97. The fourth-order valence-corrected chi connectivity index (χ4v) is 2.91. The van der Waals surface area contributed by atoms with Gasteiger partial charge in [-0.1, -0.05) is 42.5 Å². The van der Waals surface area contributed by atoms with Gasteiger partial charge in [0.05, 0.1) is 5.54 Å². The Bertz CT molecular complexity index is 648. The first-order valence-electron chi connectivity index (χ1n) is 7.09. The summed E-state index contributed by atoms with van der Waals surface area (Å²) in [7, 11) is 0. The molecule has 0 aromatic heterocycles. The van der Waals surface area contributed by atoms with Crippen molar-refractivity contribution in [3.8, 4) is 0 Å². The van der Waals surface area contributed by atoms with Gasteiger partial charge in [0, 0.05) is 5.92 Å². The fourth-order valence-electron chi connectivity index (χ4n) is 2.91. The van der Waals surface area contributed by atoms with Crippen molar-refractivity contribution in [1.29, 1.82) is 0 Å². The maximum atomic E-state index is 12.1. The highest BCUT2D eigenvalue weighted by molar-refractivity contribution is 5.89. The SMILES string of the molecule is O=C(NC1(c2cccc3ccccc23)CC1)C1CC1. The number of rotatable bonds is 3. The Morgan fingerprint density at radius 2 is 1.79 bits per heavy atom. The van der Waals surface area contributed by atoms with Crippen LogP contribution in [0, 0.1) is 5.92 Å². The maximum absolute atomic E-state index is 12.1. The predicted molar refractivity (Wildman–Crippen MR) is 75.7 cm³/mol. The second kappa shape index (κ2) is 3.83. The molecule has 2 nitrogen and oxygen atoms in total. The average Bonchev–Trinajstić information content (AvgIpc) is 3.32. The van der Waals surface area contributed by atoms with Gasteiger partial charge in [-0.15, -0.1) is 0 Å². The maximum Gasteiger partial charge on any atom is 0.223 e. The standard InChI is InChI=1S/C17H17NO/c19-16(13-8-9-13)18-17(10-11-17)15-7-3-5-12-4-1-2-6-14(12)15/h1-7,13H,8-11H2,(H,18,19). The molecule has 2 fully saturated rings. The van der Waals surface area contributed by atoms with Gasteiger partial charge in [0.15, 0.2) is 0 Å². The minimum atomic E-state index is -0.0828. The molecule has 2 saturated carbocycles. The van der Waals surface area contributed by atoms with Gasteiger partial charge in [-0.2, -0.15) is 0 Å². The van der Waals surface area contributed by atoms with E-state index in [0.29, 0.717) is 0 Å². The summed E-state index contributed by atoms with van der Waals surface area (Å²) in [6, 6.07) is 14.8. The van der Waals surface area contributed by atoms with Gasteiger partial charge in [0.1, 0.15) is 0 Å². The van der Waals surface area contributed by atoms with Gasteiger partial charge in [0.25, 0.3) is 0 Å². The quantitative estimate of drug-likeness (QED) is 0.890. The molecular weight excluding hydrogens is 234 g/mol. The zero-order valence-corrected chi connectivity index (χ0v) is 10.9. The molecule has 0 saturated heterocycles. The van der Waals surface area contributed by atoms with Crippen LogP contribution in [0.5, 0.6) is 0 Å². The molecule has 2 heteroatoms. The molecule has 0 unspecified atom stereocenters. The zero-order chi connectivity index (χ0) is 12.9. The molecule has 0 aliphatic heterocycles. The van der Waals surface area contributed by atoms with E-state index in [0.717, 1.165) is 25.7 Å². The lowest BCUT2D eigenvalue weighted by Crippen LogP contribution is -2.35. The highest BCUT2D eigenvalue weighted by Crippen LogP contribution is 2.48. The summed E-state index contributed by atoms with van der Waals surface area (Å²) in [4.78, 5) is 12.1. The van der Waals surface area contributed by atoms with Crippen LogP contribution >= 0.6 is 0 Å². The van der Waals surface area contributed by atoms with Crippen LogP contribution in [-0.2, 0) is 10.3 Å². The Hall–Kier alpha value is -1.83. The van der Waals surface area contributed by atoms with E-state index >= 15 is 0 Å². The number of carbonyl (C=O) groups excluding carboxylic acids is 1. The summed E-state index contributed by atoms with van der Waals surface area (Å²) in [6.07, 6.45) is 4.27. The normalized spacial score (nSPS) is 20.2. The molecule has 0 spiro atoms. The predicted octanol–water partition coefficient (Wildman–Crippen LogP) is 3.36. The molecule has 0 atom stereocenters. The molecule has 96 valence electrons. The van der Waals surface area contributed by atoms with E-state index in [9.17, 15) is 4.79 Å². The van der Waals surface area contributed by atoms with Crippen LogP contribution in [0.3, 0.4) is 0 Å². The van der Waals surface area contributed by atoms with Crippen molar-refractivity contribution in [1.82, 2.24) is 5.32 Å². The molecule has 2 aromatic carbocycles. The second-order valence-corrected chi connectivity index (χ2v) is 5.87. The number of nitrogens with one attached hydrogen (secondary N) is 1. The first-order valence-corrected chi connectivity index (χ1v) is 7.09. The van der Waals surface area contributed by atoms with Gasteiger partial charge in [-0.05, 0) is 42.0 Å². The number of fused-ring (bicyclic) bond motifs is 1. The van der Waals surface area contributed by atoms with Crippen molar-refractivity contribution in [3.63, 3.8) is 0 Å². The number of hydrogen-bond donors (Lipinski definition) is 1. The molecule has 19 heavy (non-hydrogen) atoms. The van der Waals surface area contributed by atoms with Gasteiger partial charge >= 0.3 is 0 Å². The molecule has 4 rings (SSSR count). The first-order chi connectivity index (χ1) is 9.28. The minimum absolute atomic E-state index is 0.0828. The van der Waals surface area contributed by atoms with E-state index in [2.05, 4.69) is 47.8 Å². The third-order valence-electron chi connectivity index (χ3n) is 4.37. The van der Waals surface area contributed by atoms with Crippen LogP contribution in [-0.4, -0.2) is 5.91 Å². The van der Waals surface area contributed by atoms with E-state index in [4.69, 9.17) is 0 Å². The van der Waals surface area contributed by atoms with Crippen molar-refractivity contribution in [3.05, 3.63) is 48.0 Å². The molecule has 1 amide bonds. The van der Waals surface area contributed by atoms with E-state index in [1.54, 1.807) is 0 Å². The van der Waals surface area contributed by atoms with Crippen LogP contribution in [0.25, 0.3) is 10.8 Å². The first kappa shape index (κ1) is 11.0. The molecular formula is C17H17NO. The molecule has 0 bridgehead atoms. The Balaban J connectivity index is 1.75. The highest BCUT2D eigenvalue weighted by atomic mass is 16.2.